The zero-order chi connectivity index (χ0) is 29.8. The van der Waals surface area contributed by atoms with Gasteiger partial charge in [-0.1, -0.05) is 18.1 Å². The third-order valence-electron chi connectivity index (χ3n) is 5.88. The van der Waals surface area contributed by atoms with Crippen LogP contribution >= 0.6 is 0 Å². The molecule has 0 unspecified atom stereocenters. The molecule has 2 aromatic rings. The van der Waals surface area contributed by atoms with Crippen LogP contribution in [0, 0.1) is 5.82 Å². The lowest BCUT2D eigenvalue weighted by atomic mass is 10.0. The van der Waals surface area contributed by atoms with Crippen LogP contribution in [-0.2, 0) is 34.0 Å². The van der Waals surface area contributed by atoms with E-state index in [1.807, 2.05) is 10.2 Å². The Balaban J connectivity index is 1.47. The van der Waals surface area contributed by atoms with E-state index in [2.05, 4.69) is 0 Å². The van der Waals surface area contributed by atoms with Crippen molar-refractivity contribution in [2.75, 3.05) is 26.3 Å². The number of hydrogen-bond acceptors (Lipinski definition) is 6. The smallest absolute Gasteiger partial charge is 0.255 e. The number of halogens is 1. The molecule has 1 atom stereocenters. The second-order valence-electron chi connectivity index (χ2n) is 8.10. The number of morpholine rings is 1. The molecule has 3 amide bonds. The Hall–Kier alpha value is -3.30. The number of piperidine rings is 1. The number of ether oxygens (including phenoxy) is 2. The van der Waals surface area contributed by atoms with Crippen molar-refractivity contribution in [3.8, 4) is 5.75 Å². The number of imide groups is 1. The summed E-state index contributed by atoms with van der Waals surface area (Å²) in [6, 6.07) is -5.50. The first kappa shape index (κ1) is 15.6. The largest absolute Gasteiger partial charge is 0.488 e. The van der Waals surface area contributed by atoms with Crippen LogP contribution in [0.4, 0.5) is 4.39 Å². The summed E-state index contributed by atoms with van der Waals surface area (Å²) in [5.41, 5.74) is -0.806. The van der Waals surface area contributed by atoms with Crippen LogP contribution < -0.4 is 10.1 Å². The van der Waals surface area contributed by atoms with Crippen LogP contribution in [0.5, 0.6) is 5.75 Å². The SMILES string of the molecule is [2H]c1c([2H])c(OCc2c([2H])c([2H])c(CN3CCOCC3)c([2H])c2F)c2c(c1[2H])C(=O)N([C@@]1([2H])CCC(=O)NC1=O)C2. The van der Waals surface area contributed by atoms with E-state index in [9.17, 15) is 14.4 Å². The highest BCUT2D eigenvalue weighted by Gasteiger charge is 2.40. The molecule has 3 heterocycles. The van der Waals surface area contributed by atoms with E-state index in [-0.39, 0.29) is 47.9 Å². The van der Waals surface area contributed by atoms with E-state index >= 15 is 4.39 Å². The Kier molecular flexibility index (Phi) is 4.36. The number of nitrogens with zero attached hydrogens (tertiary/aromatic N) is 2. The van der Waals surface area contributed by atoms with Gasteiger partial charge in [-0.15, -0.1) is 0 Å². The molecule has 5 rings (SSSR count). The van der Waals surface area contributed by atoms with Gasteiger partial charge in [-0.3, -0.25) is 24.6 Å². The van der Waals surface area contributed by atoms with Gasteiger partial charge in [0, 0.05) is 42.7 Å². The molecule has 0 radical (unpaired) electrons. The number of amides is 3. The molecular formula is C25H26FN3O5. The number of fused-ring (bicyclic) bond motifs is 1. The number of rotatable bonds is 6. The van der Waals surface area contributed by atoms with Crippen molar-refractivity contribution in [1.29, 1.82) is 0 Å². The zero-order valence-corrected chi connectivity index (χ0v) is 18.2. The van der Waals surface area contributed by atoms with Gasteiger partial charge in [0.2, 0.25) is 11.8 Å². The molecule has 9 heteroatoms. The van der Waals surface area contributed by atoms with E-state index in [1.165, 1.54) is 0 Å². The highest BCUT2D eigenvalue weighted by molar-refractivity contribution is 6.05. The van der Waals surface area contributed by atoms with E-state index in [1.54, 1.807) is 0 Å². The van der Waals surface area contributed by atoms with Gasteiger partial charge in [0.05, 0.1) is 29.4 Å². The quantitative estimate of drug-likeness (QED) is 0.645. The molecular weight excluding hydrogens is 441 g/mol. The van der Waals surface area contributed by atoms with Crippen molar-refractivity contribution in [3.05, 3.63) is 64.3 Å². The molecule has 178 valence electrons. The maximum Gasteiger partial charge on any atom is 0.255 e. The number of carbonyl (C=O) groups excluding carboxylic acids is 3. The third kappa shape index (κ3) is 4.53. The van der Waals surface area contributed by atoms with Crippen LogP contribution in [0.2, 0.25) is 0 Å². The van der Waals surface area contributed by atoms with Gasteiger partial charge in [0.1, 0.15) is 24.2 Å². The lowest BCUT2D eigenvalue weighted by molar-refractivity contribution is -0.136. The van der Waals surface area contributed by atoms with Crippen LogP contribution in [0.3, 0.4) is 0 Å². The molecule has 8 nitrogen and oxygen atoms in total. The van der Waals surface area contributed by atoms with E-state index < -0.39 is 78.5 Å². The van der Waals surface area contributed by atoms with E-state index in [0.717, 1.165) is 4.90 Å². The summed E-state index contributed by atoms with van der Waals surface area (Å²) in [6.07, 6.45) is -0.497. The second kappa shape index (κ2) is 9.52. The summed E-state index contributed by atoms with van der Waals surface area (Å²) in [4.78, 5) is 40.2. The minimum Gasteiger partial charge on any atom is -0.488 e. The predicted octanol–water partition coefficient (Wildman–Crippen LogP) is 2.00. The van der Waals surface area contributed by atoms with Gasteiger partial charge in [0.25, 0.3) is 5.91 Å². The molecule has 0 aromatic heterocycles. The van der Waals surface area contributed by atoms with Gasteiger partial charge in [-0.05, 0) is 30.1 Å². The van der Waals surface area contributed by atoms with Gasteiger partial charge in [-0.2, -0.15) is 0 Å². The lowest BCUT2D eigenvalue weighted by Crippen LogP contribution is -2.52. The van der Waals surface area contributed by atoms with Crippen molar-refractivity contribution in [3.63, 3.8) is 0 Å². The maximum atomic E-state index is 15.4. The van der Waals surface area contributed by atoms with Crippen molar-refractivity contribution in [2.45, 2.75) is 38.6 Å². The standard InChI is InChI=1S/C25H26FN3O5/c26-20-12-16(13-28-8-10-33-11-9-28)4-5-17(20)15-34-22-3-1-2-18-19(22)14-29(25(18)32)21-6-7-23(30)27-24(21)31/h1-5,12,21H,6-11,13-15H2,(H,27,30,31)/t21-/m0/s1/i1D,2D,3D,4D,5D,12D,21D. The second-order valence-corrected chi connectivity index (χ2v) is 8.10. The Morgan fingerprint density at radius 3 is 2.82 bits per heavy atom. The van der Waals surface area contributed by atoms with Gasteiger partial charge < -0.3 is 14.4 Å². The first-order valence-electron chi connectivity index (χ1n) is 14.4. The van der Waals surface area contributed by atoms with Crippen molar-refractivity contribution in [1.82, 2.24) is 15.1 Å². The molecule has 0 aliphatic carbocycles. The third-order valence-corrected chi connectivity index (χ3v) is 5.88. The highest BCUT2D eigenvalue weighted by Crippen LogP contribution is 2.34. The Morgan fingerprint density at radius 1 is 1.21 bits per heavy atom. The van der Waals surface area contributed by atoms with Crippen LogP contribution in [0.15, 0.2) is 36.3 Å². The normalized spacial score (nSPS) is 26.0. The monoisotopic (exact) mass is 474 g/mol. The maximum absolute atomic E-state index is 15.4. The number of benzene rings is 2. The predicted molar refractivity (Wildman–Crippen MR) is 119 cm³/mol. The van der Waals surface area contributed by atoms with Crippen LogP contribution in [-0.4, -0.2) is 59.8 Å². The van der Waals surface area contributed by atoms with E-state index in [0.29, 0.717) is 26.3 Å². The minimum atomic E-state index is -2.19. The molecule has 3 aliphatic rings. The van der Waals surface area contributed by atoms with Crippen LogP contribution in [0.1, 0.15) is 49.5 Å². The van der Waals surface area contributed by atoms with Crippen molar-refractivity contribution < 1.29 is 37.8 Å². The Labute approximate surface area is 206 Å². The minimum absolute atomic E-state index is 0.0402. The lowest BCUT2D eigenvalue weighted by Gasteiger charge is -2.29. The van der Waals surface area contributed by atoms with E-state index in [4.69, 9.17) is 19.1 Å². The summed E-state index contributed by atoms with van der Waals surface area (Å²) >= 11 is 0. The van der Waals surface area contributed by atoms with Crippen molar-refractivity contribution >= 4 is 17.7 Å². The number of nitrogens with one attached hydrogen (secondary N) is 1. The molecule has 2 aromatic carbocycles. The molecule has 34 heavy (non-hydrogen) atoms. The highest BCUT2D eigenvalue weighted by atomic mass is 19.1. The fourth-order valence-electron chi connectivity index (χ4n) is 4.07. The Morgan fingerprint density at radius 2 is 2.03 bits per heavy atom. The Bertz CT molecular complexity index is 1460. The molecule has 1 N–H and O–H groups in total. The molecule has 2 saturated heterocycles. The first-order chi connectivity index (χ1) is 19.4. The number of hydrogen-bond donors (Lipinski definition) is 1. The molecule has 0 spiro atoms. The topological polar surface area (TPSA) is 88.2 Å². The molecule has 3 aliphatic heterocycles. The van der Waals surface area contributed by atoms with Crippen LogP contribution in [0.25, 0.3) is 0 Å². The molecule has 0 saturated carbocycles. The average Bonchev–Trinajstić information content (AvgIpc) is 3.30. The molecule has 2 fully saturated rings. The fourth-order valence-corrected chi connectivity index (χ4v) is 4.07. The zero-order valence-electron chi connectivity index (χ0n) is 25.2. The van der Waals surface area contributed by atoms with Gasteiger partial charge >= 0.3 is 0 Å². The summed E-state index contributed by atoms with van der Waals surface area (Å²) in [7, 11) is 0. The first-order valence-corrected chi connectivity index (χ1v) is 10.9. The fraction of sp³-hybridized carbons (Fsp3) is 0.400. The summed E-state index contributed by atoms with van der Waals surface area (Å²) in [6.45, 7) is 0.910. The van der Waals surface area contributed by atoms with Crippen molar-refractivity contribution in [2.24, 2.45) is 0 Å². The van der Waals surface area contributed by atoms with Gasteiger partial charge in [-0.25, -0.2) is 4.39 Å². The van der Waals surface area contributed by atoms with Gasteiger partial charge in [0.15, 0.2) is 0 Å². The summed E-state index contributed by atoms with van der Waals surface area (Å²) in [5.74, 6) is -4.00. The average molecular weight is 475 g/mol. The molecule has 0 bridgehead atoms. The summed E-state index contributed by atoms with van der Waals surface area (Å²) in [5, 5.41) is 2.03. The number of carbonyl (C=O) groups is 3. The summed E-state index contributed by atoms with van der Waals surface area (Å²) < 4.78 is 84.9.